The lowest BCUT2D eigenvalue weighted by Gasteiger charge is -2.26. The Bertz CT molecular complexity index is 1380. The quantitative estimate of drug-likeness (QED) is 0.202. The van der Waals surface area contributed by atoms with Crippen LogP contribution in [0.3, 0.4) is 0 Å². The van der Waals surface area contributed by atoms with Gasteiger partial charge < -0.3 is 31.1 Å². The lowest BCUT2D eigenvalue weighted by Crippen LogP contribution is -2.55. The van der Waals surface area contributed by atoms with Crippen molar-refractivity contribution in [1.82, 2.24) is 20.9 Å². The first-order chi connectivity index (χ1) is 19.8. The predicted molar refractivity (Wildman–Crippen MR) is 151 cm³/mol. The summed E-state index contributed by atoms with van der Waals surface area (Å²) in [4.78, 5) is 54.9. The van der Waals surface area contributed by atoms with Crippen molar-refractivity contribution in [1.29, 1.82) is 5.41 Å². The van der Waals surface area contributed by atoms with Gasteiger partial charge in [-0.25, -0.2) is 4.39 Å². The van der Waals surface area contributed by atoms with E-state index in [0.29, 0.717) is 37.8 Å². The van der Waals surface area contributed by atoms with E-state index in [1.54, 1.807) is 6.20 Å². The fourth-order valence-corrected chi connectivity index (χ4v) is 4.79. The van der Waals surface area contributed by atoms with Crippen LogP contribution < -0.4 is 16.0 Å². The van der Waals surface area contributed by atoms with Crippen LogP contribution in [-0.2, 0) is 36.9 Å². The maximum absolute atomic E-state index is 13.7. The molecule has 1 fully saturated rings. The molecule has 2 atom stereocenters. The minimum atomic E-state index is -1.10. The summed E-state index contributed by atoms with van der Waals surface area (Å²) in [5.74, 6) is -2.55. The number of carbonyl (C=O) groups excluding carboxylic acids is 4. The minimum Gasteiger partial charge on any atom is -0.381 e. The van der Waals surface area contributed by atoms with E-state index in [1.807, 2.05) is 24.3 Å². The number of H-pyrrole nitrogens is 1. The van der Waals surface area contributed by atoms with Gasteiger partial charge >= 0.3 is 0 Å². The van der Waals surface area contributed by atoms with Gasteiger partial charge in [-0.1, -0.05) is 30.3 Å². The zero-order valence-electron chi connectivity index (χ0n) is 22.6. The first-order valence-corrected chi connectivity index (χ1v) is 13.6. The van der Waals surface area contributed by atoms with Crippen LogP contribution >= 0.6 is 0 Å². The van der Waals surface area contributed by atoms with Gasteiger partial charge in [0.15, 0.2) is 5.78 Å². The molecule has 0 unspecified atom stereocenters. The molecule has 0 radical (unpaired) electrons. The Labute approximate surface area is 236 Å². The van der Waals surface area contributed by atoms with Gasteiger partial charge in [0.1, 0.15) is 17.9 Å². The lowest BCUT2D eigenvalue weighted by molar-refractivity contribution is -0.134. The lowest BCUT2D eigenvalue weighted by atomic mass is 9.97. The number of carbonyl (C=O) groups is 4. The van der Waals surface area contributed by atoms with Crippen LogP contribution in [0.5, 0.6) is 0 Å². The molecular weight excluding hydrogens is 529 g/mol. The van der Waals surface area contributed by atoms with Crippen LogP contribution in [-0.4, -0.2) is 60.0 Å². The highest BCUT2D eigenvalue weighted by Crippen LogP contribution is 2.20. The zero-order valence-corrected chi connectivity index (χ0v) is 22.6. The van der Waals surface area contributed by atoms with Crippen LogP contribution in [0.4, 0.5) is 4.39 Å². The summed E-state index contributed by atoms with van der Waals surface area (Å²) < 4.78 is 18.6. The minimum absolute atomic E-state index is 0.0388. The van der Waals surface area contributed by atoms with Gasteiger partial charge in [0, 0.05) is 55.6 Å². The second-order valence-electron chi connectivity index (χ2n) is 10.1. The molecule has 0 saturated carbocycles. The molecule has 3 amide bonds. The van der Waals surface area contributed by atoms with Crippen molar-refractivity contribution in [3.63, 3.8) is 0 Å². The van der Waals surface area contributed by atoms with Crippen molar-refractivity contribution in [2.75, 3.05) is 13.2 Å². The summed E-state index contributed by atoms with van der Waals surface area (Å²) in [5, 5.41) is 16.4. The molecule has 0 spiro atoms. The Morgan fingerprint density at radius 3 is 2.46 bits per heavy atom. The maximum atomic E-state index is 13.7. The fraction of sp³-hybridized carbons (Fsp3) is 0.367. The van der Waals surface area contributed by atoms with Crippen molar-refractivity contribution in [2.24, 2.45) is 5.92 Å². The highest BCUT2D eigenvalue weighted by Gasteiger charge is 2.30. The van der Waals surface area contributed by atoms with E-state index in [1.165, 1.54) is 24.3 Å². The SMILES string of the molecule is N=CC(=O)CC[C@H](NC(=O)[C@H](Cc1c[nH]c2ccccc12)NC(=O)C1CCOCC1)C(=O)NCc1ccc(F)cc1. The van der Waals surface area contributed by atoms with Gasteiger partial charge in [0.05, 0.1) is 6.21 Å². The van der Waals surface area contributed by atoms with Gasteiger partial charge in [0.2, 0.25) is 17.7 Å². The zero-order chi connectivity index (χ0) is 29.2. The van der Waals surface area contributed by atoms with E-state index in [9.17, 15) is 23.6 Å². The standard InChI is InChI=1S/C30H34FN5O5/c31-22-7-5-19(6-8-22)17-34-29(39)26(10-9-23(37)16-32)35-30(40)27(36-28(38)20-11-13-41-14-12-20)15-21-18-33-25-4-2-1-3-24(21)25/h1-8,16,18,20,26-27,32-33H,9-15,17H2,(H,34,39)(H,35,40)(H,36,38)/t26-,27-/m0/s1. The van der Waals surface area contributed by atoms with E-state index in [0.717, 1.165) is 16.5 Å². The molecule has 5 N–H and O–H groups in total. The van der Waals surface area contributed by atoms with Gasteiger partial charge in [-0.3, -0.25) is 19.2 Å². The molecule has 0 aliphatic carbocycles. The van der Waals surface area contributed by atoms with E-state index < -0.39 is 35.5 Å². The molecule has 2 aromatic carbocycles. The Hall–Kier alpha value is -4.38. The van der Waals surface area contributed by atoms with Gasteiger partial charge in [-0.15, -0.1) is 0 Å². The molecule has 10 nitrogen and oxygen atoms in total. The number of ether oxygens (including phenoxy) is 1. The van der Waals surface area contributed by atoms with E-state index in [-0.39, 0.29) is 37.6 Å². The summed E-state index contributed by atoms with van der Waals surface area (Å²) in [7, 11) is 0. The highest BCUT2D eigenvalue weighted by atomic mass is 19.1. The van der Waals surface area contributed by atoms with Crippen LogP contribution in [0, 0.1) is 17.1 Å². The number of amides is 3. The van der Waals surface area contributed by atoms with Gasteiger partial charge in [0.25, 0.3) is 0 Å². The molecule has 216 valence electrons. The fourth-order valence-electron chi connectivity index (χ4n) is 4.79. The number of Topliss-reactive ketones (excluding diaryl/α,β-unsaturated/α-hetero) is 1. The molecule has 4 rings (SSSR count). The Morgan fingerprint density at radius 1 is 1.00 bits per heavy atom. The first kappa shape index (κ1) is 29.6. The number of para-hydroxylation sites is 1. The topological polar surface area (TPSA) is 153 Å². The molecule has 41 heavy (non-hydrogen) atoms. The van der Waals surface area contributed by atoms with E-state index >= 15 is 0 Å². The molecule has 1 aliphatic rings. The summed E-state index contributed by atoms with van der Waals surface area (Å²) in [6.45, 7) is 1.02. The van der Waals surface area contributed by atoms with Crippen LogP contribution in [0.1, 0.15) is 36.8 Å². The molecule has 3 aromatic rings. The third kappa shape index (κ3) is 8.31. The molecule has 1 aromatic heterocycles. The van der Waals surface area contributed by atoms with Crippen molar-refractivity contribution >= 4 is 40.6 Å². The number of aromatic nitrogens is 1. The van der Waals surface area contributed by atoms with Crippen LogP contribution in [0.15, 0.2) is 54.7 Å². The van der Waals surface area contributed by atoms with Crippen LogP contribution in [0.25, 0.3) is 10.9 Å². The van der Waals surface area contributed by atoms with E-state index in [2.05, 4.69) is 20.9 Å². The van der Waals surface area contributed by atoms with Crippen LogP contribution in [0.2, 0.25) is 0 Å². The van der Waals surface area contributed by atoms with Crippen molar-refractivity contribution in [3.8, 4) is 0 Å². The number of aromatic amines is 1. The smallest absolute Gasteiger partial charge is 0.243 e. The monoisotopic (exact) mass is 563 g/mol. The Balaban J connectivity index is 1.51. The number of ketones is 1. The third-order valence-corrected chi connectivity index (χ3v) is 7.18. The number of halogens is 1. The molecule has 0 bridgehead atoms. The van der Waals surface area contributed by atoms with Gasteiger partial charge in [-0.05, 0) is 48.6 Å². The molecule has 1 aliphatic heterocycles. The largest absolute Gasteiger partial charge is 0.381 e. The highest BCUT2D eigenvalue weighted by molar-refractivity contribution is 6.26. The summed E-state index contributed by atoms with van der Waals surface area (Å²) >= 11 is 0. The molecule has 2 heterocycles. The van der Waals surface area contributed by atoms with Crippen molar-refractivity contribution in [2.45, 2.75) is 50.7 Å². The van der Waals surface area contributed by atoms with Crippen molar-refractivity contribution in [3.05, 3.63) is 71.7 Å². The third-order valence-electron chi connectivity index (χ3n) is 7.18. The summed E-state index contributed by atoms with van der Waals surface area (Å²) in [6, 6.07) is 11.1. The predicted octanol–water partition coefficient (Wildman–Crippen LogP) is 2.56. The maximum Gasteiger partial charge on any atom is 0.243 e. The summed E-state index contributed by atoms with van der Waals surface area (Å²) in [5.41, 5.74) is 2.37. The molecular formula is C30H34FN5O5. The Morgan fingerprint density at radius 2 is 1.73 bits per heavy atom. The van der Waals surface area contributed by atoms with Crippen molar-refractivity contribution < 1.29 is 28.3 Å². The Kier molecular flexibility index (Phi) is 10.3. The second kappa shape index (κ2) is 14.3. The summed E-state index contributed by atoms with van der Waals surface area (Å²) in [6.07, 6.45) is 3.57. The normalized spacial score (nSPS) is 15.0. The number of hydrogen-bond donors (Lipinski definition) is 5. The number of hydrogen-bond acceptors (Lipinski definition) is 6. The molecule has 1 saturated heterocycles. The second-order valence-corrected chi connectivity index (χ2v) is 10.1. The first-order valence-electron chi connectivity index (χ1n) is 13.6. The number of fused-ring (bicyclic) bond motifs is 1. The van der Waals surface area contributed by atoms with E-state index in [4.69, 9.17) is 10.1 Å². The number of rotatable bonds is 13. The number of nitrogens with one attached hydrogen (secondary N) is 5. The van der Waals surface area contributed by atoms with Gasteiger partial charge in [-0.2, -0.15) is 0 Å². The number of benzene rings is 2. The average molecular weight is 564 g/mol. The average Bonchev–Trinajstić information content (AvgIpc) is 3.41. The molecule has 11 heteroatoms.